The smallest absolute Gasteiger partial charge is 0.306 e. The summed E-state index contributed by atoms with van der Waals surface area (Å²) in [5.41, 5.74) is 0. The molecule has 0 spiro atoms. The number of carbonyl (C=O) groups is 3. The topological polar surface area (TPSA) is 78.9 Å². The molecule has 0 saturated heterocycles. The third-order valence-corrected chi connectivity index (χ3v) is 10.6. The SMILES string of the molecule is CCCCCCCCCCCCCCCCCCC(=O)OC[C@H](COC(=O)CCCCCCC)OC(=O)CCCCCCCCCCCCCCCC. The molecule has 314 valence electrons. The average Bonchev–Trinajstić information content (AvgIpc) is 3.15. The summed E-state index contributed by atoms with van der Waals surface area (Å²) in [5, 5.41) is 0. The quantitative estimate of drug-likeness (QED) is 0.0351. The van der Waals surface area contributed by atoms with E-state index in [1.54, 1.807) is 0 Å². The van der Waals surface area contributed by atoms with Crippen molar-refractivity contribution in [3.63, 3.8) is 0 Å². The van der Waals surface area contributed by atoms with Crippen molar-refractivity contribution in [2.75, 3.05) is 13.2 Å². The molecule has 0 saturated carbocycles. The van der Waals surface area contributed by atoms with E-state index in [1.165, 1.54) is 161 Å². The largest absolute Gasteiger partial charge is 0.462 e. The van der Waals surface area contributed by atoms with E-state index in [0.29, 0.717) is 19.3 Å². The number of ether oxygens (including phenoxy) is 3. The van der Waals surface area contributed by atoms with Crippen molar-refractivity contribution in [2.45, 2.75) is 271 Å². The number of unbranched alkanes of at least 4 members (excludes halogenated alkanes) is 32. The van der Waals surface area contributed by atoms with Crippen LogP contribution in [0.15, 0.2) is 0 Å². The second kappa shape index (κ2) is 43.1. The van der Waals surface area contributed by atoms with Crippen molar-refractivity contribution < 1.29 is 28.6 Å². The molecule has 53 heavy (non-hydrogen) atoms. The normalized spacial score (nSPS) is 11.8. The Kier molecular flexibility index (Phi) is 41.8. The number of carbonyl (C=O) groups excluding carboxylic acids is 3. The summed E-state index contributed by atoms with van der Waals surface area (Å²) >= 11 is 0. The number of hydrogen-bond acceptors (Lipinski definition) is 6. The highest BCUT2D eigenvalue weighted by Crippen LogP contribution is 2.16. The Labute approximate surface area is 329 Å². The minimum absolute atomic E-state index is 0.0635. The fourth-order valence-electron chi connectivity index (χ4n) is 7.03. The van der Waals surface area contributed by atoms with Crippen LogP contribution in [-0.4, -0.2) is 37.2 Å². The van der Waals surface area contributed by atoms with E-state index in [1.807, 2.05) is 0 Å². The van der Waals surface area contributed by atoms with Crippen molar-refractivity contribution in [1.82, 2.24) is 0 Å². The van der Waals surface area contributed by atoms with Gasteiger partial charge in [-0.25, -0.2) is 0 Å². The first-order valence-corrected chi connectivity index (χ1v) is 23.5. The first kappa shape index (κ1) is 51.4. The second-order valence-corrected chi connectivity index (χ2v) is 16.0. The lowest BCUT2D eigenvalue weighted by molar-refractivity contribution is -0.167. The van der Waals surface area contributed by atoms with Gasteiger partial charge >= 0.3 is 17.9 Å². The Morgan fingerprint density at radius 3 is 0.755 bits per heavy atom. The van der Waals surface area contributed by atoms with E-state index in [9.17, 15) is 14.4 Å². The van der Waals surface area contributed by atoms with Crippen molar-refractivity contribution in [1.29, 1.82) is 0 Å². The zero-order valence-corrected chi connectivity index (χ0v) is 35.8. The van der Waals surface area contributed by atoms with E-state index in [0.717, 1.165) is 64.2 Å². The van der Waals surface area contributed by atoms with Gasteiger partial charge in [-0.2, -0.15) is 0 Å². The third kappa shape index (κ3) is 41.4. The Bertz CT molecular complexity index is 783. The lowest BCUT2D eigenvalue weighted by Crippen LogP contribution is -2.30. The molecule has 0 unspecified atom stereocenters. The standard InChI is InChI=1S/C47H90O6/c1-4-7-10-13-15-17-19-21-23-24-26-27-29-31-34-37-40-46(49)52-43-44(42-51-45(48)39-36-33-12-9-6-3)53-47(50)41-38-35-32-30-28-25-22-20-18-16-14-11-8-5-2/h44H,4-43H2,1-3H3/t44-/m0/s1. The first-order valence-electron chi connectivity index (χ1n) is 23.5. The molecule has 0 radical (unpaired) electrons. The fourth-order valence-corrected chi connectivity index (χ4v) is 7.03. The highest BCUT2D eigenvalue weighted by molar-refractivity contribution is 5.71. The Morgan fingerprint density at radius 2 is 0.509 bits per heavy atom. The molecule has 0 aliphatic carbocycles. The van der Waals surface area contributed by atoms with Crippen LogP contribution in [0.4, 0.5) is 0 Å². The summed E-state index contributed by atoms with van der Waals surface area (Å²) < 4.78 is 16.6. The molecular weight excluding hydrogens is 661 g/mol. The van der Waals surface area contributed by atoms with Crippen LogP contribution in [0, 0.1) is 0 Å². The zero-order chi connectivity index (χ0) is 38.7. The predicted molar refractivity (Wildman–Crippen MR) is 224 cm³/mol. The van der Waals surface area contributed by atoms with E-state index in [-0.39, 0.29) is 31.1 Å². The maximum Gasteiger partial charge on any atom is 0.306 e. The van der Waals surface area contributed by atoms with E-state index >= 15 is 0 Å². The summed E-state index contributed by atoms with van der Waals surface area (Å²) in [6.45, 7) is 6.58. The monoisotopic (exact) mass is 751 g/mol. The summed E-state index contributed by atoms with van der Waals surface area (Å²) in [5.74, 6) is -0.863. The molecular formula is C47H90O6. The maximum atomic E-state index is 12.7. The van der Waals surface area contributed by atoms with Gasteiger partial charge in [0.25, 0.3) is 0 Å². The van der Waals surface area contributed by atoms with Gasteiger partial charge < -0.3 is 14.2 Å². The van der Waals surface area contributed by atoms with Gasteiger partial charge in [0, 0.05) is 19.3 Å². The van der Waals surface area contributed by atoms with Crippen molar-refractivity contribution in [2.24, 2.45) is 0 Å². The van der Waals surface area contributed by atoms with Gasteiger partial charge in [-0.1, -0.05) is 226 Å². The first-order chi connectivity index (χ1) is 26.0. The van der Waals surface area contributed by atoms with E-state index in [2.05, 4.69) is 20.8 Å². The summed E-state index contributed by atoms with van der Waals surface area (Å²) in [6, 6.07) is 0. The third-order valence-electron chi connectivity index (χ3n) is 10.6. The number of esters is 3. The number of rotatable bonds is 43. The lowest BCUT2D eigenvalue weighted by Gasteiger charge is -2.18. The average molecular weight is 751 g/mol. The highest BCUT2D eigenvalue weighted by atomic mass is 16.6. The van der Waals surface area contributed by atoms with Crippen LogP contribution in [0.3, 0.4) is 0 Å². The highest BCUT2D eigenvalue weighted by Gasteiger charge is 2.19. The van der Waals surface area contributed by atoms with Crippen LogP contribution in [0.2, 0.25) is 0 Å². The maximum absolute atomic E-state index is 12.7. The molecule has 0 bridgehead atoms. The molecule has 0 heterocycles. The molecule has 0 aromatic carbocycles. The van der Waals surface area contributed by atoms with Crippen molar-refractivity contribution in [3.05, 3.63) is 0 Å². The molecule has 0 aromatic rings. The molecule has 0 aliphatic rings. The fraction of sp³-hybridized carbons (Fsp3) is 0.936. The van der Waals surface area contributed by atoms with Gasteiger partial charge in [-0.05, 0) is 19.3 Å². The van der Waals surface area contributed by atoms with Crippen molar-refractivity contribution in [3.8, 4) is 0 Å². The molecule has 0 aromatic heterocycles. The van der Waals surface area contributed by atoms with E-state index < -0.39 is 6.10 Å². The molecule has 0 amide bonds. The molecule has 1 atom stereocenters. The van der Waals surface area contributed by atoms with E-state index in [4.69, 9.17) is 14.2 Å². The van der Waals surface area contributed by atoms with Crippen molar-refractivity contribution >= 4 is 17.9 Å². The van der Waals surface area contributed by atoms with Crippen LogP contribution in [0.25, 0.3) is 0 Å². The van der Waals surface area contributed by atoms with Crippen LogP contribution in [-0.2, 0) is 28.6 Å². The Balaban J connectivity index is 4.15. The van der Waals surface area contributed by atoms with Gasteiger partial charge in [0.15, 0.2) is 6.10 Å². The Hall–Kier alpha value is -1.59. The molecule has 6 nitrogen and oxygen atoms in total. The second-order valence-electron chi connectivity index (χ2n) is 16.0. The Morgan fingerprint density at radius 1 is 0.302 bits per heavy atom. The minimum atomic E-state index is -0.757. The summed E-state index contributed by atoms with van der Waals surface area (Å²) in [4.78, 5) is 37.5. The minimum Gasteiger partial charge on any atom is -0.462 e. The van der Waals surface area contributed by atoms with Crippen LogP contribution in [0.5, 0.6) is 0 Å². The summed E-state index contributed by atoms with van der Waals surface area (Å²) in [7, 11) is 0. The molecule has 0 rings (SSSR count). The van der Waals surface area contributed by atoms with Gasteiger partial charge in [-0.15, -0.1) is 0 Å². The number of hydrogen-bond donors (Lipinski definition) is 0. The lowest BCUT2D eigenvalue weighted by atomic mass is 10.0. The van der Waals surface area contributed by atoms with Gasteiger partial charge in [-0.3, -0.25) is 14.4 Å². The molecule has 0 fully saturated rings. The molecule has 6 heteroatoms. The predicted octanol–water partition coefficient (Wildman–Crippen LogP) is 14.9. The van der Waals surface area contributed by atoms with Gasteiger partial charge in [0.1, 0.15) is 13.2 Å². The zero-order valence-electron chi connectivity index (χ0n) is 35.8. The molecule has 0 N–H and O–H groups in total. The van der Waals surface area contributed by atoms with Crippen LogP contribution >= 0.6 is 0 Å². The van der Waals surface area contributed by atoms with Crippen LogP contribution in [0.1, 0.15) is 265 Å². The molecule has 0 aliphatic heterocycles. The van der Waals surface area contributed by atoms with Gasteiger partial charge in [0.05, 0.1) is 0 Å². The summed E-state index contributed by atoms with van der Waals surface area (Å²) in [6.07, 6.45) is 44.0. The van der Waals surface area contributed by atoms with Crippen LogP contribution < -0.4 is 0 Å². The van der Waals surface area contributed by atoms with Gasteiger partial charge in [0.2, 0.25) is 0 Å².